The van der Waals surface area contributed by atoms with E-state index in [1.54, 1.807) is 16.5 Å². The van der Waals surface area contributed by atoms with Crippen LogP contribution in [0.4, 0.5) is 14.5 Å². The fourth-order valence-corrected chi connectivity index (χ4v) is 5.27. The lowest BCUT2D eigenvalue weighted by Gasteiger charge is -2.39. The Labute approximate surface area is 218 Å². The van der Waals surface area contributed by atoms with Gasteiger partial charge in [0.15, 0.2) is 0 Å². The highest BCUT2D eigenvalue weighted by molar-refractivity contribution is 7.16. The first-order valence-electron chi connectivity index (χ1n) is 11.5. The summed E-state index contributed by atoms with van der Waals surface area (Å²) in [5, 5.41) is 28.1. The molecular weight excluding hydrogens is 528 g/mol. The molecule has 2 N–H and O–H groups in total. The summed E-state index contributed by atoms with van der Waals surface area (Å²) in [7, 11) is 0. The SMILES string of the molecule is CCN(C(=O)[C@H]1C[C@@H](n2cc(-c3cc(F)c(Cl)c(F)c3)nn2)[C@@H](O)[C@@H](CO)O1)c1ccc2ncsc2c1. The Hall–Kier alpha value is -3.03. The van der Waals surface area contributed by atoms with E-state index < -0.39 is 47.6 Å². The summed E-state index contributed by atoms with van der Waals surface area (Å²) in [6.07, 6.45) is -1.84. The quantitative estimate of drug-likeness (QED) is 0.353. The monoisotopic (exact) mass is 549 g/mol. The van der Waals surface area contributed by atoms with Crippen molar-refractivity contribution in [2.24, 2.45) is 0 Å². The lowest BCUT2D eigenvalue weighted by atomic mass is 9.94. The molecule has 2 aromatic carbocycles. The minimum absolute atomic E-state index is 0.0297. The molecule has 13 heteroatoms. The Morgan fingerprint density at radius 2 is 2.05 bits per heavy atom. The van der Waals surface area contributed by atoms with Crippen molar-refractivity contribution in [3.63, 3.8) is 0 Å². The molecule has 9 nitrogen and oxygen atoms in total. The molecule has 2 aromatic heterocycles. The van der Waals surface area contributed by atoms with Crippen molar-refractivity contribution in [1.29, 1.82) is 0 Å². The Morgan fingerprint density at radius 1 is 1.30 bits per heavy atom. The third-order valence-corrected chi connectivity index (χ3v) is 7.52. The maximum absolute atomic E-state index is 13.9. The van der Waals surface area contributed by atoms with Crippen LogP contribution in [-0.4, -0.2) is 67.6 Å². The van der Waals surface area contributed by atoms with E-state index in [1.165, 1.54) is 22.2 Å². The molecule has 0 radical (unpaired) electrons. The molecule has 1 fully saturated rings. The first kappa shape index (κ1) is 25.6. The Balaban J connectivity index is 1.42. The molecule has 194 valence electrons. The summed E-state index contributed by atoms with van der Waals surface area (Å²) in [4.78, 5) is 19.4. The van der Waals surface area contributed by atoms with Gasteiger partial charge in [-0.15, -0.1) is 16.4 Å². The minimum atomic E-state index is -1.22. The number of carbonyl (C=O) groups is 1. The van der Waals surface area contributed by atoms with Crippen LogP contribution >= 0.6 is 22.9 Å². The van der Waals surface area contributed by atoms with Crippen LogP contribution in [0.2, 0.25) is 5.02 Å². The Morgan fingerprint density at radius 3 is 2.76 bits per heavy atom. The topological polar surface area (TPSA) is 114 Å². The molecule has 0 saturated carbocycles. The fourth-order valence-electron chi connectivity index (χ4n) is 4.45. The standard InChI is InChI=1S/C24H22ClF2N5O4S/c1-2-31(13-3-4-16-21(7-13)37-11-28-16)24(35)19-8-18(23(34)20(10-33)36-19)32-9-17(29-30-32)12-5-14(26)22(25)15(27)6-12/h3-7,9,11,18-20,23,33-34H,2,8,10H2,1H3/t18-,19-,20-,23-/m1/s1. The number of nitrogens with zero attached hydrogens (tertiary/aromatic N) is 5. The van der Waals surface area contributed by atoms with Crippen LogP contribution < -0.4 is 4.90 Å². The third-order valence-electron chi connectivity index (χ3n) is 6.36. The van der Waals surface area contributed by atoms with Crippen LogP contribution in [0.3, 0.4) is 0 Å². The summed E-state index contributed by atoms with van der Waals surface area (Å²) in [5.41, 5.74) is 3.48. The van der Waals surface area contributed by atoms with E-state index in [-0.39, 0.29) is 23.6 Å². The lowest BCUT2D eigenvalue weighted by Crippen LogP contribution is -2.53. The molecule has 1 aliphatic rings. The van der Waals surface area contributed by atoms with E-state index in [0.717, 1.165) is 22.3 Å². The molecule has 4 atom stereocenters. The largest absolute Gasteiger partial charge is 0.394 e. The van der Waals surface area contributed by atoms with Gasteiger partial charge in [-0.2, -0.15) is 0 Å². The third kappa shape index (κ3) is 4.82. The molecule has 0 spiro atoms. The molecule has 3 heterocycles. The first-order chi connectivity index (χ1) is 17.8. The number of aromatic nitrogens is 4. The number of aliphatic hydroxyl groups excluding tert-OH is 2. The van der Waals surface area contributed by atoms with Crippen LogP contribution in [0.5, 0.6) is 0 Å². The number of likely N-dealkylation sites (N-methyl/N-ethyl adjacent to an activating group) is 1. The second kappa shape index (κ2) is 10.4. The van der Waals surface area contributed by atoms with Crippen molar-refractivity contribution in [3.05, 3.63) is 58.7 Å². The molecule has 37 heavy (non-hydrogen) atoms. The summed E-state index contributed by atoms with van der Waals surface area (Å²) in [6, 6.07) is 6.77. The molecule has 1 saturated heterocycles. The van der Waals surface area contributed by atoms with Crippen LogP contribution in [0.15, 0.2) is 42.0 Å². The number of fused-ring (bicyclic) bond motifs is 1. The van der Waals surface area contributed by atoms with Gasteiger partial charge in [0.05, 0.1) is 34.6 Å². The second-order valence-electron chi connectivity index (χ2n) is 8.56. The number of ether oxygens (including phenoxy) is 1. The number of anilines is 1. The normalized spacial score (nSPS) is 21.9. The highest BCUT2D eigenvalue weighted by Gasteiger charge is 2.43. The number of carbonyl (C=O) groups excluding carboxylic acids is 1. The molecule has 0 bridgehead atoms. The van der Waals surface area contributed by atoms with Crippen molar-refractivity contribution in [1.82, 2.24) is 20.0 Å². The van der Waals surface area contributed by atoms with E-state index >= 15 is 0 Å². The number of amides is 1. The fraction of sp³-hybridized carbons (Fsp3) is 0.333. The lowest BCUT2D eigenvalue weighted by molar-refractivity contribution is -0.169. The van der Waals surface area contributed by atoms with Gasteiger partial charge in [-0.25, -0.2) is 18.4 Å². The van der Waals surface area contributed by atoms with E-state index in [9.17, 15) is 23.8 Å². The van der Waals surface area contributed by atoms with Gasteiger partial charge >= 0.3 is 0 Å². The second-order valence-corrected chi connectivity index (χ2v) is 9.83. The van der Waals surface area contributed by atoms with Crippen molar-refractivity contribution in [2.45, 2.75) is 37.7 Å². The molecule has 1 aliphatic heterocycles. The van der Waals surface area contributed by atoms with Crippen LogP contribution in [0.25, 0.3) is 21.5 Å². The average molecular weight is 550 g/mol. The average Bonchev–Trinajstić information content (AvgIpc) is 3.57. The molecule has 4 aromatic rings. The highest BCUT2D eigenvalue weighted by atomic mass is 35.5. The minimum Gasteiger partial charge on any atom is -0.394 e. The number of rotatable bonds is 6. The molecule has 5 rings (SSSR count). The van der Waals surface area contributed by atoms with Crippen molar-refractivity contribution >= 4 is 44.7 Å². The predicted octanol–water partition coefficient (Wildman–Crippen LogP) is 3.59. The zero-order valence-corrected chi connectivity index (χ0v) is 21.0. The number of hydrogen-bond donors (Lipinski definition) is 2. The highest BCUT2D eigenvalue weighted by Crippen LogP contribution is 2.33. The molecule has 0 unspecified atom stereocenters. The van der Waals surface area contributed by atoms with Crippen molar-refractivity contribution in [3.8, 4) is 11.3 Å². The zero-order chi connectivity index (χ0) is 26.3. The van der Waals surface area contributed by atoms with Gasteiger partial charge in [-0.1, -0.05) is 16.8 Å². The zero-order valence-electron chi connectivity index (χ0n) is 19.5. The molecule has 1 amide bonds. The van der Waals surface area contributed by atoms with Crippen LogP contribution in [0, 0.1) is 11.6 Å². The van der Waals surface area contributed by atoms with Gasteiger partial charge in [0.1, 0.15) is 40.7 Å². The van der Waals surface area contributed by atoms with Crippen LogP contribution in [-0.2, 0) is 9.53 Å². The summed E-state index contributed by atoms with van der Waals surface area (Å²) in [5.74, 6) is -2.23. The van der Waals surface area contributed by atoms with Gasteiger partial charge in [0.2, 0.25) is 0 Å². The number of thiazole rings is 1. The Bertz CT molecular complexity index is 1430. The number of halogens is 3. The van der Waals surface area contributed by atoms with Gasteiger partial charge in [-0.3, -0.25) is 4.79 Å². The predicted molar refractivity (Wildman–Crippen MR) is 133 cm³/mol. The Kier molecular flexibility index (Phi) is 7.19. The summed E-state index contributed by atoms with van der Waals surface area (Å²) < 4.78 is 35.9. The number of benzene rings is 2. The van der Waals surface area contributed by atoms with E-state index in [0.29, 0.717) is 12.2 Å². The molecule has 0 aliphatic carbocycles. The van der Waals surface area contributed by atoms with Crippen LogP contribution in [0.1, 0.15) is 19.4 Å². The summed E-state index contributed by atoms with van der Waals surface area (Å²) in [6.45, 7) is 1.66. The maximum atomic E-state index is 13.9. The smallest absolute Gasteiger partial charge is 0.256 e. The maximum Gasteiger partial charge on any atom is 0.256 e. The van der Waals surface area contributed by atoms with Crippen molar-refractivity contribution < 1.29 is 28.5 Å². The number of hydrogen-bond acceptors (Lipinski definition) is 8. The molecular formula is C24H22ClF2N5O4S. The first-order valence-corrected chi connectivity index (χ1v) is 12.7. The van der Waals surface area contributed by atoms with Gasteiger partial charge in [-0.05, 0) is 37.3 Å². The van der Waals surface area contributed by atoms with Crippen molar-refractivity contribution in [2.75, 3.05) is 18.1 Å². The summed E-state index contributed by atoms with van der Waals surface area (Å²) >= 11 is 7.03. The van der Waals surface area contributed by atoms with Gasteiger partial charge < -0.3 is 19.8 Å². The van der Waals surface area contributed by atoms with E-state index in [1.807, 2.05) is 19.1 Å². The number of aliphatic hydroxyl groups is 2. The van der Waals surface area contributed by atoms with Gasteiger partial charge in [0.25, 0.3) is 5.91 Å². The van der Waals surface area contributed by atoms with E-state index in [2.05, 4.69) is 15.3 Å². The van der Waals surface area contributed by atoms with E-state index in [4.69, 9.17) is 16.3 Å². The van der Waals surface area contributed by atoms with Gasteiger partial charge in [0, 0.05) is 24.2 Å².